The van der Waals surface area contributed by atoms with E-state index in [1.54, 1.807) is 4.90 Å². The first-order chi connectivity index (χ1) is 15.0. The Morgan fingerprint density at radius 2 is 1.78 bits per heavy atom. The van der Waals surface area contributed by atoms with Gasteiger partial charge in [0.25, 0.3) is 5.91 Å². The van der Waals surface area contributed by atoms with Gasteiger partial charge in [0.15, 0.2) is 0 Å². The number of hydrogen-bond donors (Lipinski definition) is 0. The van der Waals surface area contributed by atoms with Crippen molar-refractivity contribution < 1.29 is 36.3 Å². The van der Waals surface area contributed by atoms with Gasteiger partial charge in [0, 0.05) is 32.1 Å². The largest absolute Gasteiger partial charge is 0.440 e. The number of anilines is 1. The van der Waals surface area contributed by atoms with Crippen molar-refractivity contribution in [2.75, 3.05) is 24.5 Å². The first kappa shape index (κ1) is 22.3. The van der Waals surface area contributed by atoms with Crippen LogP contribution in [0.5, 0.6) is 0 Å². The zero-order valence-electron chi connectivity index (χ0n) is 16.3. The van der Waals surface area contributed by atoms with Gasteiger partial charge < -0.3 is 9.64 Å². The standard InChI is InChI=1S/C20H15ClF5N3O3/c21-12-8-11(20(24,25)26)9-27-16(12)28-6-4-19(5-7-28)10-29(18(31)32-19)17(30)15-13(22)2-1-3-14(15)23/h1-3,8-9H,4-7,10H2. The smallest absolute Gasteiger partial charge is 0.417 e. The number of imide groups is 1. The van der Waals surface area contributed by atoms with Crippen LogP contribution in [0.4, 0.5) is 32.6 Å². The van der Waals surface area contributed by atoms with Crippen LogP contribution in [0.2, 0.25) is 5.02 Å². The average molecular weight is 476 g/mol. The van der Waals surface area contributed by atoms with Crippen molar-refractivity contribution in [2.24, 2.45) is 0 Å². The van der Waals surface area contributed by atoms with Crippen LogP contribution < -0.4 is 4.90 Å². The Morgan fingerprint density at radius 1 is 1.16 bits per heavy atom. The van der Waals surface area contributed by atoms with Gasteiger partial charge in [-0.3, -0.25) is 4.79 Å². The number of aromatic nitrogens is 1. The number of nitrogens with zero attached hydrogens (tertiary/aromatic N) is 3. The number of carbonyl (C=O) groups excluding carboxylic acids is 2. The van der Waals surface area contributed by atoms with Gasteiger partial charge >= 0.3 is 12.3 Å². The van der Waals surface area contributed by atoms with Gasteiger partial charge in [-0.2, -0.15) is 13.2 Å². The summed E-state index contributed by atoms with van der Waals surface area (Å²) in [5, 5.41) is -0.175. The Hall–Kier alpha value is -2.95. The lowest BCUT2D eigenvalue weighted by molar-refractivity contribution is -0.137. The fourth-order valence-corrected chi connectivity index (χ4v) is 4.11. The topological polar surface area (TPSA) is 62.7 Å². The molecule has 0 radical (unpaired) electrons. The number of alkyl halides is 3. The van der Waals surface area contributed by atoms with Crippen LogP contribution in [0.1, 0.15) is 28.8 Å². The second kappa shape index (κ2) is 7.88. The molecule has 170 valence electrons. The number of amides is 2. The molecule has 1 spiro atoms. The summed E-state index contributed by atoms with van der Waals surface area (Å²) in [5.74, 6) is -3.18. The van der Waals surface area contributed by atoms with Crippen LogP contribution in [-0.4, -0.2) is 47.1 Å². The van der Waals surface area contributed by atoms with Gasteiger partial charge in [0.1, 0.15) is 28.6 Å². The Labute approximate surface area is 183 Å². The molecule has 0 aliphatic carbocycles. The predicted molar refractivity (Wildman–Crippen MR) is 102 cm³/mol. The highest BCUT2D eigenvalue weighted by atomic mass is 35.5. The summed E-state index contributed by atoms with van der Waals surface area (Å²) in [4.78, 5) is 31.0. The number of benzene rings is 1. The van der Waals surface area contributed by atoms with Gasteiger partial charge in [-0.05, 0) is 18.2 Å². The molecule has 4 rings (SSSR count). The second-order valence-electron chi connectivity index (χ2n) is 7.55. The van der Waals surface area contributed by atoms with E-state index in [-0.39, 0.29) is 43.3 Å². The molecular formula is C20H15ClF5N3O3. The molecule has 0 atom stereocenters. The highest BCUT2D eigenvalue weighted by Gasteiger charge is 2.50. The highest BCUT2D eigenvalue weighted by molar-refractivity contribution is 6.33. The molecule has 6 nitrogen and oxygen atoms in total. The summed E-state index contributed by atoms with van der Waals surface area (Å²) < 4.78 is 71.8. The third-order valence-electron chi connectivity index (χ3n) is 5.52. The molecule has 0 N–H and O–H groups in total. The summed E-state index contributed by atoms with van der Waals surface area (Å²) in [5.41, 5.74) is -2.90. The van der Waals surface area contributed by atoms with Crippen LogP contribution in [0, 0.1) is 11.6 Å². The van der Waals surface area contributed by atoms with Crippen LogP contribution in [0.15, 0.2) is 30.5 Å². The number of ether oxygens (including phenoxy) is 1. The van der Waals surface area contributed by atoms with Crippen LogP contribution >= 0.6 is 11.6 Å². The molecule has 2 amide bonds. The molecule has 1 aromatic carbocycles. The number of carbonyl (C=O) groups is 2. The third kappa shape index (κ3) is 3.96. The normalized spacial score (nSPS) is 18.2. The van der Waals surface area contributed by atoms with Crippen molar-refractivity contribution in [2.45, 2.75) is 24.6 Å². The molecule has 2 saturated heterocycles. The van der Waals surface area contributed by atoms with Crippen molar-refractivity contribution in [3.63, 3.8) is 0 Å². The third-order valence-corrected chi connectivity index (χ3v) is 5.79. The van der Waals surface area contributed by atoms with E-state index in [0.29, 0.717) is 11.1 Å². The van der Waals surface area contributed by atoms with Gasteiger partial charge in [-0.1, -0.05) is 17.7 Å². The minimum Gasteiger partial charge on any atom is -0.440 e. The van der Waals surface area contributed by atoms with E-state index in [1.807, 2.05) is 0 Å². The predicted octanol–water partition coefficient (Wildman–Crippen LogP) is 4.66. The Balaban J connectivity index is 1.47. The van der Waals surface area contributed by atoms with Crippen molar-refractivity contribution in [1.29, 1.82) is 0 Å². The van der Waals surface area contributed by atoms with E-state index in [0.717, 1.165) is 24.3 Å². The summed E-state index contributed by atoms with van der Waals surface area (Å²) in [6, 6.07) is 3.70. The van der Waals surface area contributed by atoms with Gasteiger partial charge in [-0.15, -0.1) is 0 Å². The summed E-state index contributed by atoms with van der Waals surface area (Å²) >= 11 is 5.99. The Morgan fingerprint density at radius 3 is 2.34 bits per heavy atom. The molecule has 2 fully saturated rings. The lowest BCUT2D eigenvalue weighted by atomic mass is 9.91. The van der Waals surface area contributed by atoms with E-state index >= 15 is 0 Å². The minimum absolute atomic E-state index is 0.153. The van der Waals surface area contributed by atoms with E-state index in [1.165, 1.54) is 0 Å². The first-order valence-electron chi connectivity index (χ1n) is 9.47. The second-order valence-corrected chi connectivity index (χ2v) is 7.96. The Kier molecular flexibility index (Phi) is 5.48. The average Bonchev–Trinajstić information content (AvgIpc) is 3.03. The van der Waals surface area contributed by atoms with Gasteiger partial charge in [0.05, 0.1) is 17.1 Å². The fraction of sp³-hybridized carbons (Fsp3) is 0.350. The molecule has 32 heavy (non-hydrogen) atoms. The fourth-order valence-electron chi connectivity index (χ4n) is 3.82. The maximum Gasteiger partial charge on any atom is 0.417 e. The minimum atomic E-state index is -4.58. The highest BCUT2D eigenvalue weighted by Crippen LogP contribution is 2.38. The number of rotatable bonds is 2. The van der Waals surface area contributed by atoms with E-state index in [2.05, 4.69) is 4.98 Å². The molecule has 1 aromatic heterocycles. The van der Waals surface area contributed by atoms with Crippen molar-refractivity contribution >= 4 is 29.4 Å². The number of halogens is 6. The molecule has 0 saturated carbocycles. The summed E-state index contributed by atoms with van der Waals surface area (Å²) in [7, 11) is 0. The maximum absolute atomic E-state index is 14.0. The molecule has 0 unspecified atom stereocenters. The van der Waals surface area contributed by atoms with Crippen LogP contribution in [0.3, 0.4) is 0 Å². The van der Waals surface area contributed by atoms with Crippen LogP contribution in [-0.2, 0) is 10.9 Å². The van der Waals surface area contributed by atoms with E-state index in [4.69, 9.17) is 16.3 Å². The van der Waals surface area contributed by atoms with Gasteiger partial charge in [0.2, 0.25) is 0 Å². The molecule has 0 bridgehead atoms. The van der Waals surface area contributed by atoms with Gasteiger partial charge in [-0.25, -0.2) is 23.5 Å². The lowest BCUT2D eigenvalue weighted by Gasteiger charge is -2.38. The SMILES string of the molecule is O=C1OC2(CCN(c3ncc(C(F)(F)F)cc3Cl)CC2)CN1C(=O)c1c(F)cccc1F. The zero-order chi connectivity index (χ0) is 23.3. The molecule has 2 aliphatic heterocycles. The zero-order valence-corrected chi connectivity index (χ0v) is 17.0. The first-order valence-corrected chi connectivity index (χ1v) is 9.85. The molecule has 12 heteroatoms. The monoisotopic (exact) mass is 475 g/mol. The summed E-state index contributed by atoms with van der Waals surface area (Å²) in [6.07, 6.45) is -4.49. The van der Waals surface area contributed by atoms with Crippen molar-refractivity contribution in [1.82, 2.24) is 9.88 Å². The van der Waals surface area contributed by atoms with Crippen molar-refractivity contribution in [3.05, 3.63) is 58.2 Å². The lowest BCUT2D eigenvalue weighted by Crippen LogP contribution is -2.47. The number of piperidine rings is 1. The molecular weight excluding hydrogens is 461 g/mol. The summed E-state index contributed by atoms with van der Waals surface area (Å²) in [6.45, 7) is 0.239. The van der Waals surface area contributed by atoms with E-state index < -0.39 is 46.5 Å². The quantitative estimate of drug-likeness (QED) is 0.591. The van der Waals surface area contributed by atoms with Crippen LogP contribution in [0.25, 0.3) is 0 Å². The molecule has 2 aliphatic rings. The molecule has 3 heterocycles. The van der Waals surface area contributed by atoms with E-state index in [9.17, 15) is 31.5 Å². The molecule has 2 aromatic rings. The maximum atomic E-state index is 14.0. The van der Waals surface area contributed by atoms with Crippen molar-refractivity contribution in [3.8, 4) is 0 Å². The number of pyridine rings is 1. The number of hydrogen-bond acceptors (Lipinski definition) is 5. The Bertz CT molecular complexity index is 1070.